The minimum absolute atomic E-state index is 0.0313. The van der Waals surface area contributed by atoms with Crippen LogP contribution in [0.3, 0.4) is 0 Å². The maximum atomic E-state index is 13.4. The lowest BCUT2D eigenvalue weighted by Gasteiger charge is -2.30. The average Bonchev–Trinajstić information content (AvgIpc) is 2.75. The van der Waals surface area contributed by atoms with Crippen LogP contribution in [0.15, 0.2) is 60.2 Å². The van der Waals surface area contributed by atoms with Gasteiger partial charge in [0.1, 0.15) is 11.3 Å². The molecule has 0 unspecified atom stereocenters. The van der Waals surface area contributed by atoms with E-state index < -0.39 is 11.8 Å². The highest BCUT2D eigenvalue weighted by atomic mass is 32.1. The van der Waals surface area contributed by atoms with Gasteiger partial charge in [-0.15, -0.1) is 0 Å². The molecule has 0 bridgehead atoms. The highest BCUT2D eigenvalue weighted by Gasteiger charge is 2.35. The zero-order chi connectivity index (χ0) is 22.1. The van der Waals surface area contributed by atoms with Crippen molar-refractivity contribution in [3.8, 4) is 5.75 Å². The largest absolute Gasteiger partial charge is 0.493 e. The zero-order valence-electron chi connectivity index (χ0n) is 17.6. The number of carbonyl (C=O) groups excluding carboxylic acids is 2. The van der Waals surface area contributed by atoms with Gasteiger partial charge in [-0.3, -0.25) is 19.8 Å². The van der Waals surface area contributed by atoms with Crippen molar-refractivity contribution >= 4 is 51.7 Å². The number of amides is 2. The Morgan fingerprint density at radius 2 is 1.77 bits per heavy atom. The van der Waals surface area contributed by atoms with Crippen molar-refractivity contribution in [2.24, 2.45) is 0 Å². The number of ether oxygens (including phenoxy) is 1. The molecule has 1 N–H and O–H groups in total. The van der Waals surface area contributed by atoms with Gasteiger partial charge < -0.3 is 4.74 Å². The van der Waals surface area contributed by atoms with Crippen LogP contribution in [0.1, 0.15) is 23.6 Å². The standard InChI is InChI=1S/C25H22N2O3S/c1-4-30-22-12-11-17(18-7-5-6-8-19(18)22)14-20-23(28)26-25(31)27(24(20)29)21-13-15(2)9-10-16(21)3/h5-14H,4H2,1-3H3,(H,26,28,31)/b20-14+. The third-order valence-corrected chi connectivity index (χ3v) is 5.51. The van der Waals surface area contributed by atoms with Gasteiger partial charge in [-0.25, -0.2) is 0 Å². The van der Waals surface area contributed by atoms with Crippen LogP contribution in [0.5, 0.6) is 5.75 Å². The highest BCUT2D eigenvalue weighted by molar-refractivity contribution is 7.80. The topological polar surface area (TPSA) is 58.6 Å². The molecule has 2 amide bonds. The van der Waals surface area contributed by atoms with Crippen LogP contribution in [0.4, 0.5) is 5.69 Å². The van der Waals surface area contributed by atoms with E-state index in [-0.39, 0.29) is 10.7 Å². The van der Waals surface area contributed by atoms with Gasteiger partial charge in [0.15, 0.2) is 5.11 Å². The number of hydrogen-bond donors (Lipinski definition) is 1. The normalized spacial score (nSPS) is 15.5. The summed E-state index contributed by atoms with van der Waals surface area (Å²) in [5, 5.41) is 4.56. The molecule has 0 atom stereocenters. The second-order valence-corrected chi connectivity index (χ2v) is 7.77. The number of nitrogens with one attached hydrogen (secondary N) is 1. The Morgan fingerprint density at radius 1 is 1.03 bits per heavy atom. The van der Waals surface area contributed by atoms with Gasteiger partial charge in [-0.05, 0) is 73.3 Å². The second-order valence-electron chi connectivity index (χ2n) is 7.38. The van der Waals surface area contributed by atoms with Gasteiger partial charge >= 0.3 is 0 Å². The Kier molecular flexibility index (Phi) is 5.57. The number of rotatable bonds is 4. The number of nitrogens with zero attached hydrogens (tertiary/aromatic N) is 1. The highest BCUT2D eigenvalue weighted by Crippen LogP contribution is 2.31. The lowest BCUT2D eigenvalue weighted by atomic mass is 9.99. The number of hydrogen-bond acceptors (Lipinski definition) is 4. The minimum atomic E-state index is -0.505. The summed E-state index contributed by atoms with van der Waals surface area (Å²) in [4.78, 5) is 27.5. The molecule has 0 aliphatic carbocycles. The fourth-order valence-corrected chi connectivity index (χ4v) is 3.97. The number of anilines is 1. The van der Waals surface area contributed by atoms with E-state index in [4.69, 9.17) is 17.0 Å². The van der Waals surface area contributed by atoms with Crippen molar-refractivity contribution in [3.63, 3.8) is 0 Å². The Morgan fingerprint density at radius 3 is 2.52 bits per heavy atom. The Balaban J connectivity index is 1.83. The lowest BCUT2D eigenvalue weighted by molar-refractivity contribution is -0.122. The Labute approximate surface area is 186 Å². The van der Waals surface area contributed by atoms with Gasteiger partial charge in [0.25, 0.3) is 11.8 Å². The first-order chi connectivity index (χ1) is 14.9. The van der Waals surface area contributed by atoms with Crippen LogP contribution in [0.2, 0.25) is 0 Å². The molecule has 156 valence electrons. The molecule has 1 aliphatic heterocycles. The number of aryl methyl sites for hydroxylation is 2. The van der Waals surface area contributed by atoms with Gasteiger partial charge in [0, 0.05) is 5.39 Å². The number of fused-ring (bicyclic) bond motifs is 1. The second kappa shape index (κ2) is 8.32. The van der Waals surface area contributed by atoms with Crippen molar-refractivity contribution in [2.75, 3.05) is 11.5 Å². The molecule has 0 saturated carbocycles. The fourth-order valence-electron chi connectivity index (χ4n) is 3.69. The number of benzene rings is 3. The van der Waals surface area contributed by atoms with Crippen LogP contribution in [0, 0.1) is 13.8 Å². The van der Waals surface area contributed by atoms with Gasteiger partial charge in [-0.2, -0.15) is 0 Å². The molecule has 0 radical (unpaired) electrons. The van der Waals surface area contributed by atoms with Crippen molar-refractivity contribution in [2.45, 2.75) is 20.8 Å². The first-order valence-corrected chi connectivity index (χ1v) is 10.4. The smallest absolute Gasteiger partial charge is 0.270 e. The van der Waals surface area contributed by atoms with E-state index >= 15 is 0 Å². The van der Waals surface area contributed by atoms with E-state index in [2.05, 4.69) is 5.32 Å². The molecule has 5 nitrogen and oxygen atoms in total. The molecule has 6 heteroatoms. The van der Waals surface area contributed by atoms with Gasteiger partial charge in [0.2, 0.25) is 0 Å². The Bertz CT molecular complexity index is 1260. The van der Waals surface area contributed by atoms with E-state index in [1.54, 1.807) is 6.08 Å². The molecular formula is C25H22N2O3S. The molecule has 1 saturated heterocycles. The predicted molar refractivity (Wildman–Crippen MR) is 127 cm³/mol. The molecule has 1 fully saturated rings. The van der Waals surface area contributed by atoms with Gasteiger partial charge in [-0.1, -0.05) is 42.5 Å². The van der Waals surface area contributed by atoms with E-state index in [1.165, 1.54) is 4.90 Å². The molecule has 0 aromatic heterocycles. The summed E-state index contributed by atoms with van der Waals surface area (Å²) in [6.07, 6.45) is 1.62. The van der Waals surface area contributed by atoms with E-state index in [1.807, 2.05) is 75.4 Å². The SMILES string of the molecule is CCOc1ccc(/C=C2\C(=O)NC(=S)N(c3cc(C)ccc3C)C2=O)c2ccccc12. The van der Waals surface area contributed by atoms with Gasteiger partial charge in [0.05, 0.1) is 12.3 Å². The summed E-state index contributed by atoms with van der Waals surface area (Å²) in [5.74, 6) is -0.187. The summed E-state index contributed by atoms with van der Waals surface area (Å²) in [5.41, 5.74) is 3.34. The fraction of sp³-hybridized carbons (Fsp3) is 0.160. The molecule has 1 aliphatic rings. The lowest BCUT2D eigenvalue weighted by Crippen LogP contribution is -2.54. The summed E-state index contributed by atoms with van der Waals surface area (Å²) in [6, 6.07) is 17.3. The third kappa shape index (κ3) is 3.82. The monoisotopic (exact) mass is 430 g/mol. The minimum Gasteiger partial charge on any atom is -0.493 e. The first kappa shape index (κ1) is 20.8. The van der Waals surface area contributed by atoms with Crippen molar-refractivity contribution in [1.82, 2.24) is 5.32 Å². The third-order valence-electron chi connectivity index (χ3n) is 5.22. The van der Waals surface area contributed by atoms with Crippen LogP contribution in [-0.2, 0) is 9.59 Å². The summed E-state index contributed by atoms with van der Waals surface area (Å²) >= 11 is 5.34. The molecule has 4 rings (SSSR count). The summed E-state index contributed by atoms with van der Waals surface area (Å²) in [7, 11) is 0. The van der Waals surface area contributed by atoms with E-state index in [0.717, 1.165) is 33.2 Å². The van der Waals surface area contributed by atoms with Crippen molar-refractivity contribution in [3.05, 3.63) is 76.9 Å². The molecular weight excluding hydrogens is 408 g/mol. The van der Waals surface area contributed by atoms with Crippen molar-refractivity contribution < 1.29 is 14.3 Å². The maximum absolute atomic E-state index is 13.4. The zero-order valence-corrected chi connectivity index (χ0v) is 18.4. The predicted octanol–water partition coefficient (Wildman–Crippen LogP) is 4.69. The van der Waals surface area contributed by atoms with Crippen LogP contribution < -0.4 is 15.0 Å². The number of thiocarbonyl (C=S) groups is 1. The molecule has 0 spiro atoms. The number of carbonyl (C=O) groups is 2. The Hall–Kier alpha value is -3.51. The quantitative estimate of drug-likeness (QED) is 0.371. The molecule has 1 heterocycles. The molecule has 3 aromatic carbocycles. The van der Waals surface area contributed by atoms with Crippen molar-refractivity contribution in [1.29, 1.82) is 0 Å². The average molecular weight is 431 g/mol. The summed E-state index contributed by atoms with van der Waals surface area (Å²) in [6.45, 7) is 6.33. The van der Waals surface area contributed by atoms with E-state index in [9.17, 15) is 9.59 Å². The summed E-state index contributed by atoms with van der Waals surface area (Å²) < 4.78 is 5.73. The first-order valence-electron chi connectivity index (χ1n) is 10.0. The van der Waals surface area contributed by atoms with Crippen LogP contribution >= 0.6 is 12.2 Å². The van der Waals surface area contributed by atoms with Crippen LogP contribution in [0.25, 0.3) is 16.8 Å². The maximum Gasteiger partial charge on any atom is 0.270 e. The van der Waals surface area contributed by atoms with Crippen LogP contribution in [-0.4, -0.2) is 23.5 Å². The van der Waals surface area contributed by atoms with E-state index in [0.29, 0.717) is 12.3 Å². The molecule has 3 aromatic rings. The molecule has 31 heavy (non-hydrogen) atoms.